The van der Waals surface area contributed by atoms with Gasteiger partial charge in [-0.25, -0.2) is 0 Å². The first-order chi connectivity index (χ1) is 11.7. The van der Waals surface area contributed by atoms with Gasteiger partial charge < -0.3 is 19.5 Å². The summed E-state index contributed by atoms with van der Waals surface area (Å²) in [5, 5.41) is 11.4. The second kappa shape index (κ2) is 9.24. The number of hydrogen-bond donors (Lipinski definition) is 1. The number of guanidine groups is 1. The summed E-state index contributed by atoms with van der Waals surface area (Å²) in [4.78, 5) is 18.6. The molecule has 1 N–H and O–H groups in total. The summed E-state index contributed by atoms with van der Waals surface area (Å²) in [6.07, 6.45) is 4.24. The van der Waals surface area contributed by atoms with Crippen LogP contribution in [-0.2, 0) is 22.5 Å². The monoisotopic (exact) mass is 336 g/mol. The van der Waals surface area contributed by atoms with Crippen molar-refractivity contribution in [3.8, 4) is 0 Å². The van der Waals surface area contributed by atoms with Crippen molar-refractivity contribution in [3.63, 3.8) is 0 Å². The average Bonchev–Trinajstić information content (AvgIpc) is 3.08. The van der Waals surface area contributed by atoms with Crippen molar-refractivity contribution in [1.29, 1.82) is 0 Å². The SMILES string of the molecule is CCNC(=NCCn1cnnc1CC)N1CCC(C(=O)OC)CC1. The Morgan fingerprint density at radius 3 is 2.79 bits per heavy atom. The van der Waals surface area contributed by atoms with Crippen LogP contribution in [0.15, 0.2) is 11.3 Å². The number of esters is 1. The maximum absolute atomic E-state index is 11.6. The summed E-state index contributed by atoms with van der Waals surface area (Å²) < 4.78 is 6.88. The Balaban J connectivity index is 1.90. The van der Waals surface area contributed by atoms with Crippen LogP contribution < -0.4 is 5.32 Å². The van der Waals surface area contributed by atoms with Crippen LogP contribution in [0.4, 0.5) is 0 Å². The lowest BCUT2D eigenvalue weighted by molar-refractivity contribution is -0.146. The summed E-state index contributed by atoms with van der Waals surface area (Å²) >= 11 is 0. The van der Waals surface area contributed by atoms with Gasteiger partial charge in [0.15, 0.2) is 5.96 Å². The van der Waals surface area contributed by atoms with Crippen LogP contribution in [0, 0.1) is 5.92 Å². The van der Waals surface area contributed by atoms with Gasteiger partial charge >= 0.3 is 5.97 Å². The first-order valence-corrected chi connectivity index (χ1v) is 8.67. The Morgan fingerprint density at radius 2 is 2.17 bits per heavy atom. The number of likely N-dealkylation sites (tertiary alicyclic amines) is 1. The molecule has 0 bridgehead atoms. The van der Waals surface area contributed by atoms with Gasteiger partial charge in [-0.15, -0.1) is 10.2 Å². The molecule has 0 unspecified atom stereocenters. The number of hydrogen-bond acceptors (Lipinski definition) is 5. The first kappa shape index (κ1) is 18.2. The zero-order valence-corrected chi connectivity index (χ0v) is 14.9. The summed E-state index contributed by atoms with van der Waals surface area (Å²) in [6.45, 7) is 8.03. The van der Waals surface area contributed by atoms with Crippen LogP contribution in [0.5, 0.6) is 0 Å². The second-order valence-electron chi connectivity index (χ2n) is 5.81. The summed E-state index contributed by atoms with van der Waals surface area (Å²) in [6, 6.07) is 0. The van der Waals surface area contributed by atoms with E-state index in [1.165, 1.54) is 7.11 Å². The van der Waals surface area contributed by atoms with Crippen molar-refractivity contribution < 1.29 is 9.53 Å². The number of rotatable bonds is 6. The zero-order valence-electron chi connectivity index (χ0n) is 14.9. The van der Waals surface area contributed by atoms with E-state index in [-0.39, 0.29) is 11.9 Å². The number of piperidine rings is 1. The molecule has 8 nitrogen and oxygen atoms in total. The van der Waals surface area contributed by atoms with Gasteiger partial charge in [-0.1, -0.05) is 6.92 Å². The third-order valence-corrected chi connectivity index (χ3v) is 4.28. The number of ether oxygens (including phenoxy) is 1. The summed E-state index contributed by atoms with van der Waals surface area (Å²) in [5.74, 6) is 1.80. The Labute approximate surface area is 143 Å². The zero-order chi connectivity index (χ0) is 17.4. The molecule has 0 aromatic carbocycles. The smallest absolute Gasteiger partial charge is 0.308 e. The van der Waals surface area contributed by atoms with E-state index in [4.69, 9.17) is 9.73 Å². The minimum atomic E-state index is -0.101. The topological polar surface area (TPSA) is 84.6 Å². The predicted molar refractivity (Wildman–Crippen MR) is 91.7 cm³/mol. The van der Waals surface area contributed by atoms with E-state index in [1.807, 2.05) is 4.57 Å². The third kappa shape index (κ3) is 4.69. The molecule has 0 amide bonds. The van der Waals surface area contributed by atoms with Gasteiger partial charge in [0, 0.05) is 32.6 Å². The van der Waals surface area contributed by atoms with E-state index in [0.717, 1.165) is 57.2 Å². The number of aromatic nitrogens is 3. The van der Waals surface area contributed by atoms with E-state index < -0.39 is 0 Å². The van der Waals surface area contributed by atoms with E-state index in [0.29, 0.717) is 6.54 Å². The number of carbonyl (C=O) groups is 1. The fourth-order valence-electron chi connectivity index (χ4n) is 2.92. The molecule has 8 heteroatoms. The number of carbonyl (C=O) groups excluding carboxylic acids is 1. The van der Waals surface area contributed by atoms with Crippen molar-refractivity contribution in [2.24, 2.45) is 10.9 Å². The molecule has 1 saturated heterocycles. The number of nitrogens with one attached hydrogen (secondary N) is 1. The van der Waals surface area contributed by atoms with Crippen molar-refractivity contribution in [2.75, 3.05) is 33.3 Å². The van der Waals surface area contributed by atoms with Crippen LogP contribution >= 0.6 is 0 Å². The Morgan fingerprint density at radius 1 is 1.42 bits per heavy atom. The highest BCUT2D eigenvalue weighted by Gasteiger charge is 2.26. The highest BCUT2D eigenvalue weighted by molar-refractivity contribution is 5.80. The quantitative estimate of drug-likeness (QED) is 0.467. The van der Waals surface area contributed by atoms with Crippen LogP contribution in [0.1, 0.15) is 32.5 Å². The van der Waals surface area contributed by atoms with Gasteiger partial charge in [-0.3, -0.25) is 9.79 Å². The van der Waals surface area contributed by atoms with Crippen LogP contribution in [0.2, 0.25) is 0 Å². The molecule has 0 atom stereocenters. The molecule has 1 fully saturated rings. The Kier molecular flexibility index (Phi) is 7.02. The minimum Gasteiger partial charge on any atom is -0.469 e. The van der Waals surface area contributed by atoms with Crippen LogP contribution in [0.25, 0.3) is 0 Å². The molecule has 134 valence electrons. The molecular formula is C16H28N6O2. The Bertz CT molecular complexity index is 549. The molecule has 0 saturated carbocycles. The molecule has 0 radical (unpaired) electrons. The highest BCUT2D eigenvalue weighted by atomic mass is 16.5. The molecule has 1 aromatic rings. The second-order valence-corrected chi connectivity index (χ2v) is 5.81. The molecule has 0 spiro atoms. The van der Waals surface area contributed by atoms with Gasteiger partial charge in [-0.2, -0.15) is 0 Å². The van der Waals surface area contributed by atoms with E-state index >= 15 is 0 Å². The van der Waals surface area contributed by atoms with Crippen molar-refractivity contribution >= 4 is 11.9 Å². The molecule has 2 rings (SSSR count). The highest BCUT2D eigenvalue weighted by Crippen LogP contribution is 2.18. The molecule has 24 heavy (non-hydrogen) atoms. The molecule has 2 heterocycles. The van der Waals surface area contributed by atoms with Crippen molar-refractivity contribution in [2.45, 2.75) is 39.7 Å². The van der Waals surface area contributed by atoms with E-state index in [9.17, 15) is 4.79 Å². The molecule has 1 aliphatic rings. The number of aliphatic imine (C=N–C) groups is 1. The number of aryl methyl sites for hydroxylation is 1. The predicted octanol–water partition coefficient (Wildman–Crippen LogP) is 0.691. The molecular weight excluding hydrogens is 308 g/mol. The van der Waals surface area contributed by atoms with Crippen LogP contribution in [-0.4, -0.2) is 64.9 Å². The van der Waals surface area contributed by atoms with Gasteiger partial charge in [0.25, 0.3) is 0 Å². The van der Waals surface area contributed by atoms with Crippen molar-refractivity contribution in [3.05, 3.63) is 12.2 Å². The fourth-order valence-corrected chi connectivity index (χ4v) is 2.92. The van der Waals surface area contributed by atoms with Gasteiger partial charge in [0.2, 0.25) is 0 Å². The summed E-state index contributed by atoms with van der Waals surface area (Å²) in [7, 11) is 1.45. The fraction of sp³-hybridized carbons (Fsp3) is 0.750. The van der Waals surface area contributed by atoms with E-state index in [1.54, 1.807) is 6.33 Å². The van der Waals surface area contributed by atoms with Gasteiger partial charge in [-0.05, 0) is 19.8 Å². The lowest BCUT2D eigenvalue weighted by atomic mass is 9.97. The molecule has 0 aliphatic carbocycles. The largest absolute Gasteiger partial charge is 0.469 e. The number of nitrogens with zero attached hydrogens (tertiary/aromatic N) is 5. The first-order valence-electron chi connectivity index (χ1n) is 8.67. The molecule has 1 aromatic heterocycles. The lowest BCUT2D eigenvalue weighted by Gasteiger charge is -2.33. The van der Waals surface area contributed by atoms with E-state index in [2.05, 4.69) is 34.3 Å². The normalized spacial score (nSPS) is 16.3. The Hall–Kier alpha value is -2.12. The standard InChI is InChI=1S/C16H28N6O2/c1-4-14-20-19-12-22(14)11-8-18-16(17-5-2)21-9-6-13(7-10-21)15(23)24-3/h12-13H,4-11H2,1-3H3,(H,17,18). The van der Waals surface area contributed by atoms with Gasteiger partial charge in [0.05, 0.1) is 19.6 Å². The maximum atomic E-state index is 11.6. The maximum Gasteiger partial charge on any atom is 0.308 e. The van der Waals surface area contributed by atoms with Crippen molar-refractivity contribution in [1.82, 2.24) is 25.0 Å². The van der Waals surface area contributed by atoms with Gasteiger partial charge in [0.1, 0.15) is 12.2 Å². The molecule has 1 aliphatic heterocycles. The summed E-state index contributed by atoms with van der Waals surface area (Å²) in [5.41, 5.74) is 0. The third-order valence-electron chi connectivity index (χ3n) is 4.28. The van der Waals surface area contributed by atoms with Crippen LogP contribution in [0.3, 0.4) is 0 Å². The average molecular weight is 336 g/mol. The lowest BCUT2D eigenvalue weighted by Crippen LogP contribution is -2.46. The number of methoxy groups -OCH3 is 1. The minimum absolute atomic E-state index is 0.0123.